The summed E-state index contributed by atoms with van der Waals surface area (Å²) in [6.07, 6.45) is 1.45. The second-order valence-electron chi connectivity index (χ2n) is 7.48. The van der Waals surface area contributed by atoms with Crippen molar-refractivity contribution >= 4 is 40.7 Å². The molecule has 7 heteroatoms. The molecular formula is C22H23Cl2N3O2. The highest BCUT2D eigenvalue weighted by Crippen LogP contribution is 2.27. The molecule has 5 nitrogen and oxygen atoms in total. The first-order chi connectivity index (χ1) is 14.0. The molecule has 0 saturated carbocycles. The Morgan fingerprint density at radius 2 is 1.72 bits per heavy atom. The summed E-state index contributed by atoms with van der Waals surface area (Å²) in [5.74, 6) is 0.141. The standard InChI is InChI=1S/C22H23Cl2N3O2/c23-19-7-2-5-17(21(19)24)15-25-10-12-26(13-11-25)22(29)16-4-1-6-18(14-16)27-9-3-8-20(27)28/h1-2,4-7,14H,3,8-13,15H2. The molecule has 0 unspecified atom stereocenters. The maximum atomic E-state index is 13.0. The zero-order valence-corrected chi connectivity index (χ0v) is 17.6. The fourth-order valence-corrected chi connectivity index (χ4v) is 4.31. The van der Waals surface area contributed by atoms with Gasteiger partial charge in [0.15, 0.2) is 0 Å². The van der Waals surface area contributed by atoms with E-state index < -0.39 is 0 Å². The van der Waals surface area contributed by atoms with Gasteiger partial charge in [0.05, 0.1) is 10.0 Å². The van der Waals surface area contributed by atoms with Crippen LogP contribution in [0.2, 0.25) is 10.0 Å². The van der Waals surface area contributed by atoms with E-state index in [1.807, 2.05) is 41.3 Å². The normalized spacial score (nSPS) is 17.8. The van der Waals surface area contributed by atoms with E-state index in [-0.39, 0.29) is 11.8 Å². The van der Waals surface area contributed by atoms with E-state index in [0.717, 1.165) is 37.3 Å². The van der Waals surface area contributed by atoms with Crippen LogP contribution in [-0.2, 0) is 11.3 Å². The van der Waals surface area contributed by atoms with E-state index in [1.165, 1.54) is 0 Å². The maximum absolute atomic E-state index is 13.0. The molecule has 0 N–H and O–H groups in total. The van der Waals surface area contributed by atoms with Gasteiger partial charge in [0.1, 0.15) is 0 Å². The number of hydrogen-bond acceptors (Lipinski definition) is 3. The second kappa shape index (κ2) is 8.74. The highest BCUT2D eigenvalue weighted by atomic mass is 35.5. The number of rotatable bonds is 4. The van der Waals surface area contributed by atoms with E-state index >= 15 is 0 Å². The van der Waals surface area contributed by atoms with Crippen molar-refractivity contribution in [3.8, 4) is 0 Å². The molecule has 0 aromatic heterocycles. The fourth-order valence-electron chi connectivity index (χ4n) is 3.93. The Kier molecular flexibility index (Phi) is 6.09. The molecule has 0 aliphatic carbocycles. The van der Waals surface area contributed by atoms with E-state index in [1.54, 1.807) is 11.0 Å². The molecular weight excluding hydrogens is 409 g/mol. The number of hydrogen-bond donors (Lipinski definition) is 0. The van der Waals surface area contributed by atoms with Crippen LogP contribution in [-0.4, -0.2) is 54.3 Å². The number of halogens is 2. The second-order valence-corrected chi connectivity index (χ2v) is 8.27. The van der Waals surface area contributed by atoms with E-state index in [2.05, 4.69) is 4.90 Å². The van der Waals surface area contributed by atoms with Crippen LogP contribution in [0.1, 0.15) is 28.8 Å². The van der Waals surface area contributed by atoms with Crippen molar-refractivity contribution in [2.75, 3.05) is 37.6 Å². The minimum absolute atomic E-state index is 0.0129. The first-order valence-corrected chi connectivity index (χ1v) is 10.6. The van der Waals surface area contributed by atoms with Gasteiger partial charge < -0.3 is 9.80 Å². The summed E-state index contributed by atoms with van der Waals surface area (Å²) in [7, 11) is 0. The Balaban J connectivity index is 1.38. The number of piperazine rings is 1. The molecule has 0 bridgehead atoms. The molecule has 4 rings (SSSR count). The largest absolute Gasteiger partial charge is 0.336 e. The lowest BCUT2D eigenvalue weighted by Crippen LogP contribution is -2.48. The van der Waals surface area contributed by atoms with Crippen molar-refractivity contribution in [2.45, 2.75) is 19.4 Å². The van der Waals surface area contributed by atoms with Gasteiger partial charge in [-0.3, -0.25) is 14.5 Å². The number of benzene rings is 2. The third-order valence-corrected chi connectivity index (χ3v) is 6.42. The van der Waals surface area contributed by atoms with Gasteiger partial charge in [-0.05, 0) is 36.2 Å². The molecule has 0 spiro atoms. The first-order valence-electron chi connectivity index (χ1n) is 9.88. The lowest BCUT2D eigenvalue weighted by Gasteiger charge is -2.35. The third kappa shape index (κ3) is 4.42. The highest BCUT2D eigenvalue weighted by molar-refractivity contribution is 6.42. The maximum Gasteiger partial charge on any atom is 0.254 e. The van der Waals surface area contributed by atoms with Crippen LogP contribution in [0, 0.1) is 0 Å². The highest BCUT2D eigenvalue weighted by Gasteiger charge is 2.25. The lowest BCUT2D eigenvalue weighted by molar-refractivity contribution is -0.117. The number of anilines is 1. The third-order valence-electron chi connectivity index (χ3n) is 5.56. The summed E-state index contributed by atoms with van der Waals surface area (Å²) in [4.78, 5) is 30.9. The molecule has 2 fully saturated rings. The average molecular weight is 432 g/mol. The van der Waals surface area contributed by atoms with Gasteiger partial charge in [-0.1, -0.05) is 41.4 Å². The Morgan fingerprint density at radius 3 is 2.45 bits per heavy atom. The Labute approximate surface area is 180 Å². The van der Waals surface area contributed by atoms with Gasteiger partial charge in [-0.25, -0.2) is 0 Å². The van der Waals surface area contributed by atoms with Crippen molar-refractivity contribution in [1.29, 1.82) is 0 Å². The molecule has 2 aromatic rings. The smallest absolute Gasteiger partial charge is 0.254 e. The van der Waals surface area contributed by atoms with Crippen LogP contribution < -0.4 is 4.90 Å². The van der Waals surface area contributed by atoms with Gasteiger partial charge in [0.25, 0.3) is 5.91 Å². The summed E-state index contributed by atoms with van der Waals surface area (Å²) in [5, 5.41) is 1.16. The predicted molar refractivity (Wildman–Crippen MR) is 116 cm³/mol. The van der Waals surface area contributed by atoms with Gasteiger partial charge in [0.2, 0.25) is 5.91 Å². The summed E-state index contributed by atoms with van der Waals surface area (Å²) < 4.78 is 0. The van der Waals surface area contributed by atoms with Crippen LogP contribution in [0.15, 0.2) is 42.5 Å². The Bertz CT molecular complexity index is 926. The molecule has 0 radical (unpaired) electrons. The van der Waals surface area contributed by atoms with Crippen LogP contribution in [0.25, 0.3) is 0 Å². The molecule has 2 aliphatic rings. The average Bonchev–Trinajstić information content (AvgIpc) is 3.17. The zero-order valence-electron chi connectivity index (χ0n) is 16.1. The Hall–Kier alpha value is -2.08. The number of nitrogens with zero attached hydrogens (tertiary/aromatic N) is 3. The van der Waals surface area contributed by atoms with Crippen molar-refractivity contribution in [3.63, 3.8) is 0 Å². The minimum Gasteiger partial charge on any atom is -0.336 e. The molecule has 2 heterocycles. The molecule has 2 aromatic carbocycles. The first kappa shape index (κ1) is 20.2. The van der Waals surface area contributed by atoms with Gasteiger partial charge in [-0.15, -0.1) is 0 Å². The SMILES string of the molecule is O=C(c1cccc(N2CCCC2=O)c1)N1CCN(Cc2cccc(Cl)c2Cl)CC1. The molecule has 152 valence electrons. The molecule has 29 heavy (non-hydrogen) atoms. The van der Waals surface area contributed by atoms with Crippen LogP contribution in [0.3, 0.4) is 0 Å². The molecule has 2 saturated heterocycles. The summed E-state index contributed by atoms with van der Waals surface area (Å²) in [6.45, 7) is 4.31. The van der Waals surface area contributed by atoms with Gasteiger partial charge >= 0.3 is 0 Å². The van der Waals surface area contributed by atoms with Crippen molar-refractivity contribution in [3.05, 3.63) is 63.6 Å². The zero-order chi connectivity index (χ0) is 20.4. The summed E-state index contributed by atoms with van der Waals surface area (Å²) in [6, 6.07) is 13.1. The lowest BCUT2D eigenvalue weighted by atomic mass is 10.1. The summed E-state index contributed by atoms with van der Waals surface area (Å²) in [5.41, 5.74) is 2.45. The Morgan fingerprint density at radius 1 is 0.966 bits per heavy atom. The van der Waals surface area contributed by atoms with Crippen molar-refractivity contribution in [2.24, 2.45) is 0 Å². The molecule has 2 amide bonds. The van der Waals surface area contributed by atoms with Crippen LogP contribution in [0.4, 0.5) is 5.69 Å². The van der Waals surface area contributed by atoms with E-state index in [9.17, 15) is 9.59 Å². The van der Waals surface area contributed by atoms with Crippen molar-refractivity contribution in [1.82, 2.24) is 9.80 Å². The monoisotopic (exact) mass is 431 g/mol. The predicted octanol–water partition coefficient (Wildman–Crippen LogP) is 4.08. The van der Waals surface area contributed by atoms with E-state index in [0.29, 0.717) is 41.7 Å². The number of carbonyl (C=O) groups excluding carboxylic acids is 2. The number of amides is 2. The van der Waals surface area contributed by atoms with Crippen molar-refractivity contribution < 1.29 is 9.59 Å². The number of carbonyl (C=O) groups is 2. The fraction of sp³-hybridized carbons (Fsp3) is 0.364. The minimum atomic E-state index is 0.0129. The van der Waals surface area contributed by atoms with Gasteiger partial charge in [0, 0.05) is 56.9 Å². The quantitative estimate of drug-likeness (QED) is 0.732. The topological polar surface area (TPSA) is 43.9 Å². The van der Waals surface area contributed by atoms with Crippen LogP contribution in [0.5, 0.6) is 0 Å². The van der Waals surface area contributed by atoms with Crippen LogP contribution >= 0.6 is 23.2 Å². The molecule has 0 atom stereocenters. The van der Waals surface area contributed by atoms with E-state index in [4.69, 9.17) is 23.2 Å². The van der Waals surface area contributed by atoms with Gasteiger partial charge in [-0.2, -0.15) is 0 Å². The summed E-state index contributed by atoms with van der Waals surface area (Å²) >= 11 is 12.4. The molecule has 2 aliphatic heterocycles.